The Kier molecular flexibility index (Phi) is 3.13. The van der Waals surface area contributed by atoms with Crippen LogP contribution in [-0.2, 0) is 13.5 Å². The third kappa shape index (κ3) is 2.36. The van der Waals surface area contributed by atoms with Gasteiger partial charge in [0.2, 0.25) is 0 Å². The van der Waals surface area contributed by atoms with Gasteiger partial charge in [-0.1, -0.05) is 6.07 Å². The minimum atomic E-state index is 0.515. The molecule has 0 N–H and O–H groups in total. The van der Waals surface area contributed by atoms with Gasteiger partial charge < -0.3 is 0 Å². The molecule has 3 aromatic rings. The Hall–Kier alpha value is -2.74. The van der Waals surface area contributed by atoms with Crippen LogP contribution in [0.3, 0.4) is 0 Å². The van der Waals surface area contributed by atoms with Crippen LogP contribution in [0.2, 0.25) is 0 Å². The molecule has 0 aliphatic heterocycles. The molecular formula is C15H13N5. The first-order valence-electron chi connectivity index (χ1n) is 6.38. The van der Waals surface area contributed by atoms with Crippen LogP contribution >= 0.6 is 0 Å². The summed E-state index contributed by atoms with van der Waals surface area (Å²) in [6.45, 7) is 0. The van der Waals surface area contributed by atoms with E-state index in [9.17, 15) is 0 Å². The molecule has 0 aliphatic rings. The van der Waals surface area contributed by atoms with Crippen LogP contribution in [0.5, 0.6) is 0 Å². The van der Waals surface area contributed by atoms with Crippen molar-refractivity contribution < 1.29 is 0 Å². The Balaban J connectivity index is 2.02. The molecule has 0 amide bonds. The quantitative estimate of drug-likeness (QED) is 0.728. The van der Waals surface area contributed by atoms with E-state index >= 15 is 0 Å². The number of hydrogen-bond acceptors (Lipinski definition) is 4. The number of hydrogen-bond donors (Lipinski definition) is 0. The Bertz CT molecular complexity index is 797. The lowest BCUT2D eigenvalue weighted by Crippen LogP contribution is -1.91. The monoisotopic (exact) mass is 263 g/mol. The molecule has 0 bridgehead atoms. The fourth-order valence-electron chi connectivity index (χ4n) is 2.11. The van der Waals surface area contributed by atoms with E-state index in [0.29, 0.717) is 6.42 Å². The summed E-state index contributed by atoms with van der Waals surface area (Å²) < 4.78 is 1.74. The average Bonchev–Trinajstić information content (AvgIpc) is 2.91. The van der Waals surface area contributed by atoms with Crippen LogP contribution in [0.15, 0.2) is 36.8 Å². The van der Waals surface area contributed by atoms with Crippen molar-refractivity contribution in [3.05, 3.63) is 42.4 Å². The zero-order valence-corrected chi connectivity index (χ0v) is 11.1. The third-order valence-electron chi connectivity index (χ3n) is 3.13. The van der Waals surface area contributed by atoms with Gasteiger partial charge in [0.15, 0.2) is 0 Å². The molecule has 1 aromatic carbocycles. The topological polar surface area (TPSA) is 67.4 Å². The van der Waals surface area contributed by atoms with Gasteiger partial charge in [0.1, 0.15) is 0 Å². The standard InChI is InChI=1S/C15H13N5/c1-20-10-12(8-18-20)15-9-17-13-5-4-11(3-2-6-16)7-14(13)19-15/h4-5,7-10H,2-3H2,1H3. The van der Waals surface area contributed by atoms with Crippen molar-refractivity contribution in [3.8, 4) is 17.3 Å². The lowest BCUT2D eigenvalue weighted by Gasteiger charge is -2.02. The van der Waals surface area contributed by atoms with Gasteiger partial charge in [-0.25, -0.2) is 4.98 Å². The molecule has 0 unspecified atom stereocenters. The molecule has 0 aliphatic carbocycles. The summed E-state index contributed by atoms with van der Waals surface area (Å²) in [6.07, 6.45) is 6.70. The van der Waals surface area contributed by atoms with Crippen molar-refractivity contribution in [2.75, 3.05) is 0 Å². The van der Waals surface area contributed by atoms with Crippen LogP contribution in [0.25, 0.3) is 22.3 Å². The molecule has 0 atom stereocenters. The molecule has 0 radical (unpaired) electrons. The third-order valence-corrected chi connectivity index (χ3v) is 3.13. The number of nitrogens with zero attached hydrogens (tertiary/aromatic N) is 5. The smallest absolute Gasteiger partial charge is 0.0924 e. The number of fused-ring (bicyclic) bond motifs is 1. The highest BCUT2D eigenvalue weighted by Crippen LogP contribution is 2.19. The lowest BCUT2D eigenvalue weighted by atomic mass is 10.1. The second-order valence-corrected chi connectivity index (χ2v) is 4.64. The van der Waals surface area contributed by atoms with Gasteiger partial charge in [0.05, 0.1) is 35.2 Å². The first-order chi connectivity index (χ1) is 9.76. The molecule has 0 saturated carbocycles. The number of rotatable bonds is 3. The van der Waals surface area contributed by atoms with Crippen molar-refractivity contribution in [2.24, 2.45) is 7.05 Å². The predicted octanol–water partition coefficient (Wildman–Crippen LogP) is 2.49. The summed E-state index contributed by atoms with van der Waals surface area (Å²) in [5.74, 6) is 0. The number of aryl methyl sites for hydroxylation is 2. The largest absolute Gasteiger partial charge is 0.275 e. The van der Waals surface area contributed by atoms with Gasteiger partial charge in [-0.15, -0.1) is 0 Å². The summed E-state index contributed by atoms with van der Waals surface area (Å²) >= 11 is 0. The molecule has 2 heterocycles. The van der Waals surface area contributed by atoms with Gasteiger partial charge >= 0.3 is 0 Å². The van der Waals surface area contributed by atoms with Gasteiger partial charge in [-0.05, 0) is 24.1 Å². The summed E-state index contributed by atoms with van der Waals surface area (Å²) in [5.41, 5.74) is 4.57. The predicted molar refractivity (Wildman–Crippen MR) is 75.7 cm³/mol. The first-order valence-corrected chi connectivity index (χ1v) is 6.38. The minimum Gasteiger partial charge on any atom is -0.275 e. The fraction of sp³-hybridized carbons (Fsp3) is 0.200. The van der Waals surface area contributed by atoms with E-state index in [-0.39, 0.29) is 0 Å². The van der Waals surface area contributed by atoms with E-state index in [1.807, 2.05) is 31.4 Å². The summed E-state index contributed by atoms with van der Waals surface area (Å²) in [4.78, 5) is 9.05. The minimum absolute atomic E-state index is 0.515. The molecule has 5 heteroatoms. The average molecular weight is 263 g/mol. The maximum atomic E-state index is 8.65. The highest BCUT2D eigenvalue weighted by molar-refractivity contribution is 5.77. The second kappa shape index (κ2) is 5.10. The molecule has 3 rings (SSSR count). The van der Waals surface area contributed by atoms with Crippen LogP contribution in [0.4, 0.5) is 0 Å². The number of benzene rings is 1. The van der Waals surface area contributed by atoms with Gasteiger partial charge in [-0.2, -0.15) is 10.4 Å². The van der Waals surface area contributed by atoms with Crippen molar-refractivity contribution >= 4 is 11.0 Å². The van der Waals surface area contributed by atoms with Crippen molar-refractivity contribution in [2.45, 2.75) is 12.8 Å². The van der Waals surface area contributed by atoms with E-state index in [1.54, 1.807) is 17.1 Å². The van der Waals surface area contributed by atoms with Crippen LogP contribution < -0.4 is 0 Å². The van der Waals surface area contributed by atoms with E-state index in [4.69, 9.17) is 5.26 Å². The fourth-order valence-corrected chi connectivity index (χ4v) is 2.11. The van der Waals surface area contributed by atoms with Crippen molar-refractivity contribution in [1.82, 2.24) is 19.7 Å². The molecule has 2 aromatic heterocycles. The zero-order chi connectivity index (χ0) is 13.9. The summed E-state index contributed by atoms with van der Waals surface area (Å²) in [6, 6.07) is 8.10. The summed E-state index contributed by atoms with van der Waals surface area (Å²) in [7, 11) is 1.87. The molecule has 5 nitrogen and oxygen atoms in total. The Labute approximate surface area is 116 Å². The molecule has 0 saturated heterocycles. The van der Waals surface area contributed by atoms with E-state index in [2.05, 4.69) is 21.1 Å². The van der Waals surface area contributed by atoms with E-state index < -0.39 is 0 Å². The maximum absolute atomic E-state index is 8.65. The van der Waals surface area contributed by atoms with Gasteiger partial charge in [0, 0.05) is 25.2 Å². The van der Waals surface area contributed by atoms with E-state index in [0.717, 1.165) is 34.3 Å². The Morgan fingerprint density at radius 1 is 1.25 bits per heavy atom. The lowest BCUT2D eigenvalue weighted by molar-refractivity contribution is 0.768. The van der Waals surface area contributed by atoms with Crippen LogP contribution in [-0.4, -0.2) is 19.7 Å². The SMILES string of the molecule is Cn1cc(-c2cnc3ccc(CCC#N)cc3n2)cn1. The van der Waals surface area contributed by atoms with Crippen LogP contribution in [0.1, 0.15) is 12.0 Å². The highest BCUT2D eigenvalue weighted by atomic mass is 15.2. The highest BCUT2D eigenvalue weighted by Gasteiger charge is 2.05. The normalized spacial score (nSPS) is 10.6. The molecule has 98 valence electrons. The molecule has 0 fully saturated rings. The van der Waals surface area contributed by atoms with Gasteiger partial charge in [0.25, 0.3) is 0 Å². The molecule has 0 spiro atoms. The zero-order valence-electron chi connectivity index (χ0n) is 11.1. The Morgan fingerprint density at radius 2 is 2.15 bits per heavy atom. The van der Waals surface area contributed by atoms with Gasteiger partial charge in [-0.3, -0.25) is 9.67 Å². The number of aromatic nitrogens is 4. The molecule has 20 heavy (non-hydrogen) atoms. The number of nitriles is 1. The maximum Gasteiger partial charge on any atom is 0.0924 e. The second-order valence-electron chi connectivity index (χ2n) is 4.64. The van der Waals surface area contributed by atoms with Crippen molar-refractivity contribution in [3.63, 3.8) is 0 Å². The molecular weight excluding hydrogens is 250 g/mol. The Morgan fingerprint density at radius 3 is 2.90 bits per heavy atom. The first kappa shape index (κ1) is 12.3. The van der Waals surface area contributed by atoms with E-state index in [1.165, 1.54) is 0 Å². The van der Waals surface area contributed by atoms with Crippen LogP contribution in [0, 0.1) is 11.3 Å². The summed E-state index contributed by atoms with van der Waals surface area (Å²) in [5, 5.41) is 12.8. The van der Waals surface area contributed by atoms with Crippen molar-refractivity contribution in [1.29, 1.82) is 5.26 Å².